The molecule has 4 heteroatoms. The third-order valence-electron chi connectivity index (χ3n) is 4.87. The first-order valence-electron chi connectivity index (χ1n) is 8.41. The molecule has 0 heterocycles. The molecule has 23 heavy (non-hydrogen) atoms. The molecule has 3 nitrogen and oxygen atoms in total. The van der Waals surface area contributed by atoms with E-state index < -0.39 is 6.10 Å². The average molecular weight is 339 g/mol. The van der Waals surface area contributed by atoms with Crippen LogP contribution in [0.5, 0.6) is 0 Å². The second-order valence-corrected chi connectivity index (χ2v) is 7.35. The first kappa shape index (κ1) is 18.3. The molecular weight excluding hydrogens is 312 g/mol. The van der Waals surface area contributed by atoms with Gasteiger partial charge in [-0.2, -0.15) is 0 Å². The van der Waals surface area contributed by atoms with Crippen molar-refractivity contribution < 1.29 is 14.3 Å². The molecule has 1 aliphatic carbocycles. The van der Waals surface area contributed by atoms with Crippen LogP contribution in [-0.4, -0.2) is 19.2 Å². The summed E-state index contributed by atoms with van der Waals surface area (Å²) in [5, 5.41) is 0.522. The maximum absolute atomic E-state index is 12.7. The van der Waals surface area contributed by atoms with Crippen LogP contribution in [0.15, 0.2) is 24.3 Å². The number of benzene rings is 1. The van der Waals surface area contributed by atoms with Crippen molar-refractivity contribution in [3.8, 4) is 0 Å². The Labute approximate surface area is 144 Å². The summed E-state index contributed by atoms with van der Waals surface area (Å²) in [5.41, 5.74) is 0.659. The Morgan fingerprint density at radius 2 is 1.96 bits per heavy atom. The number of halogens is 1. The second kappa shape index (κ2) is 8.16. The highest BCUT2D eigenvalue weighted by Gasteiger charge is 2.35. The lowest BCUT2D eigenvalue weighted by atomic mass is 9.75. The summed E-state index contributed by atoms with van der Waals surface area (Å²) in [6.45, 7) is 6.62. The van der Waals surface area contributed by atoms with Gasteiger partial charge in [0.15, 0.2) is 6.10 Å². The lowest BCUT2D eigenvalue weighted by Crippen LogP contribution is -2.37. The van der Waals surface area contributed by atoms with Gasteiger partial charge in [0.25, 0.3) is 0 Å². The Hall–Kier alpha value is -1.06. The van der Waals surface area contributed by atoms with Crippen LogP contribution >= 0.6 is 11.6 Å². The van der Waals surface area contributed by atoms with Gasteiger partial charge in [-0.15, -0.1) is 0 Å². The number of carbonyl (C=O) groups is 1. The van der Waals surface area contributed by atoms with Crippen LogP contribution in [0, 0.1) is 17.8 Å². The summed E-state index contributed by atoms with van der Waals surface area (Å²) in [4.78, 5) is 12.7. The van der Waals surface area contributed by atoms with Crippen molar-refractivity contribution in [2.45, 2.75) is 52.2 Å². The Kier molecular flexibility index (Phi) is 6.49. The maximum Gasteiger partial charge on any atom is 0.340 e. The third-order valence-corrected chi connectivity index (χ3v) is 5.21. The standard InChI is InChI=1S/C19H27ClO3/c1-12(2)14-10-9-13(3)11-17(14)23-19(21)18(22-4)15-7-5-6-8-16(15)20/h5-8,12-14,17-18H,9-11H2,1-4H3. The van der Waals surface area contributed by atoms with Crippen LogP contribution in [-0.2, 0) is 14.3 Å². The minimum Gasteiger partial charge on any atom is -0.460 e. The first-order valence-corrected chi connectivity index (χ1v) is 8.79. The zero-order valence-corrected chi connectivity index (χ0v) is 15.2. The van der Waals surface area contributed by atoms with Crippen molar-refractivity contribution in [1.82, 2.24) is 0 Å². The van der Waals surface area contributed by atoms with Crippen molar-refractivity contribution >= 4 is 17.6 Å². The SMILES string of the molecule is COC(C(=O)OC1CC(C)CCC1C(C)C)c1ccccc1Cl. The van der Waals surface area contributed by atoms with Crippen molar-refractivity contribution in [2.24, 2.45) is 17.8 Å². The van der Waals surface area contributed by atoms with Crippen molar-refractivity contribution in [3.63, 3.8) is 0 Å². The summed E-state index contributed by atoms with van der Waals surface area (Å²) in [5.74, 6) is 1.16. The molecule has 2 rings (SSSR count). The summed E-state index contributed by atoms with van der Waals surface area (Å²) < 4.78 is 11.3. The number of hydrogen-bond donors (Lipinski definition) is 0. The molecule has 0 spiro atoms. The van der Waals surface area contributed by atoms with Gasteiger partial charge in [-0.3, -0.25) is 0 Å². The normalized spacial score (nSPS) is 26.1. The van der Waals surface area contributed by atoms with Crippen molar-refractivity contribution in [1.29, 1.82) is 0 Å². The fourth-order valence-corrected chi connectivity index (χ4v) is 3.73. The molecule has 0 bridgehead atoms. The van der Waals surface area contributed by atoms with Gasteiger partial charge in [-0.1, -0.05) is 57.0 Å². The van der Waals surface area contributed by atoms with E-state index in [2.05, 4.69) is 20.8 Å². The van der Waals surface area contributed by atoms with Crippen LogP contribution in [0.2, 0.25) is 5.02 Å². The van der Waals surface area contributed by atoms with E-state index >= 15 is 0 Å². The quantitative estimate of drug-likeness (QED) is 0.706. The van der Waals surface area contributed by atoms with Gasteiger partial charge >= 0.3 is 5.97 Å². The van der Waals surface area contributed by atoms with Gasteiger partial charge in [0, 0.05) is 17.7 Å². The van der Waals surface area contributed by atoms with E-state index in [0.29, 0.717) is 28.3 Å². The average Bonchev–Trinajstić information content (AvgIpc) is 2.49. The zero-order valence-electron chi connectivity index (χ0n) is 14.4. The van der Waals surface area contributed by atoms with Gasteiger partial charge in [0.05, 0.1) is 0 Å². The van der Waals surface area contributed by atoms with Gasteiger partial charge < -0.3 is 9.47 Å². The fourth-order valence-electron chi connectivity index (χ4n) is 3.50. The Balaban J connectivity index is 2.13. The van der Waals surface area contributed by atoms with E-state index in [1.54, 1.807) is 12.1 Å². The number of rotatable bonds is 5. The van der Waals surface area contributed by atoms with E-state index in [-0.39, 0.29) is 12.1 Å². The Bertz CT molecular complexity index is 529. The summed E-state index contributed by atoms with van der Waals surface area (Å²) >= 11 is 6.20. The van der Waals surface area contributed by atoms with Crippen molar-refractivity contribution in [3.05, 3.63) is 34.9 Å². The zero-order chi connectivity index (χ0) is 17.0. The van der Waals surface area contributed by atoms with E-state index in [1.807, 2.05) is 12.1 Å². The summed E-state index contributed by atoms with van der Waals surface area (Å²) in [6, 6.07) is 7.25. The minimum atomic E-state index is -0.770. The van der Waals surface area contributed by atoms with Crippen LogP contribution in [0.4, 0.5) is 0 Å². The number of carbonyl (C=O) groups excluding carboxylic acids is 1. The van der Waals surface area contributed by atoms with E-state index in [1.165, 1.54) is 13.5 Å². The van der Waals surface area contributed by atoms with E-state index in [0.717, 1.165) is 12.8 Å². The van der Waals surface area contributed by atoms with Crippen LogP contribution < -0.4 is 0 Å². The van der Waals surface area contributed by atoms with Gasteiger partial charge in [-0.05, 0) is 36.7 Å². The molecule has 1 aromatic carbocycles. The highest BCUT2D eigenvalue weighted by atomic mass is 35.5. The molecule has 1 aromatic rings. The van der Waals surface area contributed by atoms with Gasteiger partial charge in [0.2, 0.25) is 0 Å². The third kappa shape index (κ3) is 4.48. The molecule has 0 saturated heterocycles. The summed E-state index contributed by atoms with van der Waals surface area (Å²) in [7, 11) is 1.51. The highest BCUT2D eigenvalue weighted by Crippen LogP contribution is 2.36. The smallest absolute Gasteiger partial charge is 0.340 e. The van der Waals surface area contributed by atoms with Crippen LogP contribution in [0.25, 0.3) is 0 Å². The number of hydrogen-bond acceptors (Lipinski definition) is 3. The maximum atomic E-state index is 12.7. The fraction of sp³-hybridized carbons (Fsp3) is 0.632. The first-order chi connectivity index (χ1) is 10.9. The molecule has 0 aliphatic heterocycles. The predicted octanol–water partition coefficient (Wildman–Crippen LogP) is 5.03. The van der Waals surface area contributed by atoms with Crippen molar-refractivity contribution in [2.75, 3.05) is 7.11 Å². The van der Waals surface area contributed by atoms with Crippen LogP contribution in [0.1, 0.15) is 51.7 Å². The molecule has 4 atom stereocenters. The molecule has 128 valence electrons. The molecule has 0 amide bonds. The van der Waals surface area contributed by atoms with Gasteiger partial charge in [0.1, 0.15) is 6.10 Å². The molecule has 0 radical (unpaired) electrons. The monoisotopic (exact) mass is 338 g/mol. The Morgan fingerprint density at radius 1 is 1.26 bits per heavy atom. The number of ether oxygens (including phenoxy) is 2. The lowest BCUT2D eigenvalue weighted by molar-refractivity contribution is -0.168. The topological polar surface area (TPSA) is 35.5 Å². The Morgan fingerprint density at radius 3 is 2.57 bits per heavy atom. The van der Waals surface area contributed by atoms with Gasteiger partial charge in [-0.25, -0.2) is 4.79 Å². The second-order valence-electron chi connectivity index (χ2n) is 6.94. The lowest BCUT2D eigenvalue weighted by Gasteiger charge is -2.37. The van der Waals surface area contributed by atoms with E-state index in [4.69, 9.17) is 21.1 Å². The largest absolute Gasteiger partial charge is 0.460 e. The molecule has 1 aliphatic rings. The molecule has 4 unspecified atom stereocenters. The molecule has 0 aromatic heterocycles. The molecule has 0 N–H and O–H groups in total. The number of esters is 1. The number of methoxy groups -OCH3 is 1. The summed E-state index contributed by atoms with van der Waals surface area (Å²) in [6.07, 6.45) is 2.43. The molecule has 1 saturated carbocycles. The molecule has 1 fully saturated rings. The molecular formula is C19H27ClO3. The van der Waals surface area contributed by atoms with E-state index in [9.17, 15) is 4.79 Å². The van der Waals surface area contributed by atoms with Crippen LogP contribution in [0.3, 0.4) is 0 Å². The minimum absolute atomic E-state index is 0.0358. The predicted molar refractivity (Wildman–Crippen MR) is 92.4 cm³/mol. The highest BCUT2D eigenvalue weighted by molar-refractivity contribution is 6.31.